The first-order valence-corrected chi connectivity index (χ1v) is 9.78. The second kappa shape index (κ2) is 8.88. The SMILES string of the molecule is COc1ccc(OC(C)C(=O)NCc2ccccc2S(=O)(=O)N(C)C)cc1. The van der Waals surface area contributed by atoms with Crippen LogP contribution in [0.25, 0.3) is 0 Å². The number of hydrogen-bond acceptors (Lipinski definition) is 5. The Balaban J connectivity index is 2.03. The van der Waals surface area contributed by atoms with Gasteiger partial charge in [-0.3, -0.25) is 4.79 Å². The summed E-state index contributed by atoms with van der Waals surface area (Å²) in [6.07, 6.45) is -0.740. The van der Waals surface area contributed by atoms with Crippen molar-refractivity contribution in [2.45, 2.75) is 24.5 Å². The number of methoxy groups -OCH3 is 1. The van der Waals surface area contributed by atoms with Crippen LogP contribution in [-0.2, 0) is 21.4 Å². The highest BCUT2D eigenvalue weighted by Crippen LogP contribution is 2.19. The third kappa shape index (κ3) is 5.21. The van der Waals surface area contributed by atoms with Crippen molar-refractivity contribution in [3.63, 3.8) is 0 Å². The van der Waals surface area contributed by atoms with Gasteiger partial charge in [-0.1, -0.05) is 18.2 Å². The summed E-state index contributed by atoms with van der Waals surface area (Å²) in [6.45, 7) is 1.71. The van der Waals surface area contributed by atoms with Crippen LogP contribution in [-0.4, -0.2) is 45.9 Å². The number of carbonyl (C=O) groups excluding carboxylic acids is 1. The number of amides is 1. The van der Waals surface area contributed by atoms with E-state index in [-0.39, 0.29) is 17.3 Å². The van der Waals surface area contributed by atoms with E-state index in [0.717, 1.165) is 4.31 Å². The van der Waals surface area contributed by atoms with E-state index in [1.165, 1.54) is 20.2 Å². The molecule has 0 saturated heterocycles. The van der Waals surface area contributed by atoms with Crippen molar-refractivity contribution < 1.29 is 22.7 Å². The molecule has 0 saturated carbocycles. The predicted octanol–water partition coefficient (Wildman–Crippen LogP) is 2.03. The predicted molar refractivity (Wildman–Crippen MR) is 102 cm³/mol. The molecule has 2 aromatic rings. The van der Waals surface area contributed by atoms with Gasteiger partial charge in [0.15, 0.2) is 6.10 Å². The van der Waals surface area contributed by atoms with Crippen molar-refractivity contribution >= 4 is 15.9 Å². The molecule has 0 bridgehead atoms. The van der Waals surface area contributed by atoms with Crippen molar-refractivity contribution in [1.29, 1.82) is 0 Å². The molecule has 0 aliphatic carbocycles. The van der Waals surface area contributed by atoms with Crippen LogP contribution >= 0.6 is 0 Å². The molecule has 8 heteroatoms. The van der Waals surface area contributed by atoms with Crippen LogP contribution in [0.15, 0.2) is 53.4 Å². The zero-order valence-corrected chi connectivity index (χ0v) is 16.6. The maximum absolute atomic E-state index is 12.4. The number of hydrogen-bond donors (Lipinski definition) is 1. The summed E-state index contributed by atoms with van der Waals surface area (Å²) in [4.78, 5) is 12.5. The van der Waals surface area contributed by atoms with Gasteiger partial charge in [0.25, 0.3) is 5.91 Å². The summed E-state index contributed by atoms with van der Waals surface area (Å²) in [6, 6.07) is 13.5. The number of carbonyl (C=O) groups is 1. The van der Waals surface area contributed by atoms with E-state index < -0.39 is 16.1 Å². The molecule has 1 unspecified atom stereocenters. The van der Waals surface area contributed by atoms with Gasteiger partial charge in [-0.25, -0.2) is 12.7 Å². The van der Waals surface area contributed by atoms with Crippen molar-refractivity contribution in [2.75, 3.05) is 21.2 Å². The average molecular weight is 392 g/mol. The van der Waals surface area contributed by atoms with Crippen LogP contribution in [0.5, 0.6) is 11.5 Å². The first kappa shape index (κ1) is 20.7. The van der Waals surface area contributed by atoms with Gasteiger partial charge in [0.1, 0.15) is 11.5 Å². The molecule has 0 aromatic heterocycles. The molecule has 0 aliphatic heterocycles. The van der Waals surface area contributed by atoms with Crippen LogP contribution in [0, 0.1) is 0 Å². The van der Waals surface area contributed by atoms with Crippen LogP contribution in [0.1, 0.15) is 12.5 Å². The zero-order chi connectivity index (χ0) is 20.0. The van der Waals surface area contributed by atoms with E-state index in [1.807, 2.05) is 0 Å². The van der Waals surface area contributed by atoms with Crippen LogP contribution in [0.4, 0.5) is 0 Å². The summed E-state index contributed by atoms with van der Waals surface area (Å²) in [7, 11) is 0.913. The number of ether oxygens (including phenoxy) is 2. The fourth-order valence-electron chi connectivity index (χ4n) is 2.34. The van der Waals surface area contributed by atoms with Gasteiger partial charge < -0.3 is 14.8 Å². The van der Waals surface area contributed by atoms with Crippen molar-refractivity contribution in [3.05, 3.63) is 54.1 Å². The zero-order valence-electron chi connectivity index (χ0n) is 15.8. The van der Waals surface area contributed by atoms with Crippen molar-refractivity contribution in [2.24, 2.45) is 0 Å². The Kier molecular flexibility index (Phi) is 6.81. The molecule has 1 amide bonds. The maximum atomic E-state index is 12.4. The fraction of sp³-hybridized carbons (Fsp3) is 0.316. The molecule has 1 N–H and O–H groups in total. The number of benzene rings is 2. The maximum Gasteiger partial charge on any atom is 0.261 e. The molecule has 27 heavy (non-hydrogen) atoms. The average Bonchev–Trinajstić information content (AvgIpc) is 2.66. The number of sulfonamides is 1. The Bertz CT molecular complexity index is 879. The third-order valence-electron chi connectivity index (χ3n) is 3.93. The number of rotatable bonds is 8. The Morgan fingerprint density at radius 1 is 1.07 bits per heavy atom. The Hall–Kier alpha value is -2.58. The minimum Gasteiger partial charge on any atom is -0.497 e. The second-order valence-electron chi connectivity index (χ2n) is 6.05. The Morgan fingerprint density at radius 3 is 2.26 bits per heavy atom. The molecule has 1 atom stereocenters. The molecule has 0 aliphatic rings. The van der Waals surface area contributed by atoms with Gasteiger partial charge in [0.2, 0.25) is 10.0 Å². The highest BCUT2D eigenvalue weighted by Gasteiger charge is 2.21. The lowest BCUT2D eigenvalue weighted by atomic mass is 10.2. The molecule has 2 aromatic carbocycles. The van der Waals surface area contributed by atoms with E-state index in [2.05, 4.69) is 5.32 Å². The monoisotopic (exact) mass is 392 g/mol. The van der Waals surface area contributed by atoms with Gasteiger partial charge in [0, 0.05) is 20.6 Å². The highest BCUT2D eigenvalue weighted by atomic mass is 32.2. The molecule has 0 heterocycles. The van der Waals surface area contributed by atoms with Gasteiger partial charge in [-0.05, 0) is 42.8 Å². The highest BCUT2D eigenvalue weighted by molar-refractivity contribution is 7.89. The van der Waals surface area contributed by atoms with E-state index in [9.17, 15) is 13.2 Å². The first-order valence-electron chi connectivity index (χ1n) is 8.34. The third-order valence-corrected chi connectivity index (χ3v) is 5.84. The molecule has 2 rings (SSSR count). The molecule has 0 fully saturated rings. The summed E-state index contributed by atoms with van der Waals surface area (Å²) in [5, 5.41) is 2.72. The minimum absolute atomic E-state index is 0.0817. The minimum atomic E-state index is -3.59. The molecular weight excluding hydrogens is 368 g/mol. The molecule has 0 radical (unpaired) electrons. The van der Waals surface area contributed by atoms with E-state index in [1.54, 1.807) is 56.5 Å². The molecule has 0 spiro atoms. The van der Waals surface area contributed by atoms with E-state index >= 15 is 0 Å². The van der Waals surface area contributed by atoms with Gasteiger partial charge in [-0.15, -0.1) is 0 Å². The summed E-state index contributed by atoms with van der Waals surface area (Å²) >= 11 is 0. The lowest BCUT2D eigenvalue weighted by molar-refractivity contribution is -0.127. The summed E-state index contributed by atoms with van der Waals surface area (Å²) in [5.74, 6) is 0.884. The van der Waals surface area contributed by atoms with E-state index in [4.69, 9.17) is 9.47 Å². The van der Waals surface area contributed by atoms with Gasteiger partial charge >= 0.3 is 0 Å². The Morgan fingerprint density at radius 2 is 1.67 bits per heavy atom. The lowest BCUT2D eigenvalue weighted by Crippen LogP contribution is -2.36. The largest absolute Gasteiger partial charge is 0.497 e. The number of nitrogens with zero attached hydrogens (tertiary/aromatic N) is 1. The van der Waals surface area contributed by atoms with Crippen LogP contribution < -0.4 is 14.8 Å². The Labute approximate surface area is 160 Å². The normalized spacial score (nSPS) is 12.5. The fourth-order valence-corrected chi connectivity index (χ4v) is 3.45. The van der Waals surface area contributed by atoms with Gasteiger partial charge in [0.05, 0.1) is 12.0 Å². The smallest absolute Gasteiger partial charge is 0.261 e. The molecule has 146 valence electrons. The number of nitrogens with one attached hydrogen (secondary N) is 1. The lowest BCUT2D eigenvalue weighted by Gasteiger charge is -2.17. The van der Waals surface area contributed by atoms with Crippen molar-refractivity contribution in [1.82, 2.24) is 9.62 Å². The molecular formula is C19H24N2O5S. The standard InChI is InChI=1S/C19H24N2O5S/c1-14(26-17-11-9-16(25-4)10-12-17)19(22)20-13-15-7-5-6-8-18(15)27(23,24)21(2)3/h5-12,14H,13H2,1-4H3,(H,20,22). The van der Waals surface area contributed by atoms with Crippen LogP contribution in [0.3, 0.4) is 0 Å². The van der Waals surface area contributed by atoms with Crippen LogP contribution in [0.2, 0.25) is 0 Å². The topological polar surface area (TPSA) is 84.9 Å². The quantitative estimate of drug-likeness (QED) is 0.743. The van der Waals surface area contributed by atoms with E-state index in [0.29, 0.717) is 17.1 Å². The summed E-state index contributed by atoms with van der Waals surface area (Å²) in [5.41, 5.74) is 0.510. The van der Waals surface area contributed by atoms with Crippen molar-refractivity contribution in [3.8, 4) is 11.5 Å². The summed E-state index contributed by atoms with van der Waals surface area (Å²) < 4.78 is 36.6. The first-order chi connectivity index (χ1) is 12.8. The van der Waals surface area contributed by atoms with Gasteiger partial charge in [-0.2, -0.15) is 0 Å². The molecule has 7 nitrogen and oxygen atoms in total. The second-order valence-corrected chi connectivity index (χ2v) is 8.17.